The summed E-state index contributed by atoms with van der Waals surface area (Å²) in [7, 11) is 0. The molecule has 0 spiro atoms. The van der Waals surface area contributed by atoms with E-state index < -0.39 is 17.2 Å². The summed E-state index contributed by atoms with van der Waals surface area (Å²) in [6.07, 6.45) is 1.02. The first-order chi connectivity index (χ1) is 12.4. The van der Waals surface area contributed by atoms with Crippen LogP contribution in [0.5, 0.6) is 0 Å². The van der Waals surface area contributed by atoms with Crippen LogP contribution in [0.2, 0.25) is 0 Å². The number of nitrogens with one attached hydrogen (secondary N) is 1. The van der Waals surface area contributed by atoms with Crippen molar-refractivity contribution in [1.82, 2.24) is 14.8 Å². The summed E-state index contributed by atoms with van der Waals surface area (Å²) in [5.41, 5.74) is 2.33. The molecule has 2 aromatic carbocycles. The van der Waals surface area contributed by atoms with Gasteiger partial charge in [-0.25, -0.2) is 9.18 Å². The minimum atomic E-state index is -0.639. The third-order valence-electron chi connectivity index (χ3n) is 4.16. The van der Waals surface area contributed by atoms with Crippen LogP contribution in [-0.2, 0) is 0 Å². The molecule has 3 aromatic rings. The van der Waals surface area contributed by atoms with E-state index in [1.807, 2.05) is 13.8 Å². The van der Waals surface area contributed by atoms with Crippen LogP contribution < -0.4 is 11.2 Å². The Kier molecular flexibility index (Phi) is 4.50. The molecule has 0 saturated carbocycles. The highest BCUT2D eigenvalue weighted by atomic mass is 19.1. The van der Waals surface area contributed by atoms with Gasteiger partial charge in [-0.05, 0) is 60.4 Å². The summed E-state index contributed by atoms with van der Waals surface area (Å²) >= 11 is 0. The first kappa shape index (κ1) is 17.3. The number of nitriles is 1. The Hall–Kier alpha value is -3.53. The van der Waals surface area contributed by atoms with E-state index in [0.29, 0.717) is 11.3 Å². The van der Waals surface area contributed by atoms with Gasteiger partial charge in [-0.15, -0.1) is 0 Å². The number of hydrogen-bond donors (Lipinski definition) is 1. The van der Waals surface area contributed by atoms with Crippen LogP contribution in [0.4, 0.5) is 4.39 Å². The number of aryl methyl sites for hydroxylation is 2. The zero-order valence-corrected chi connectivity index (χ0v) is 14.2. The first-order valence-electron chi connectivity index (χ1n) is 7.86. The van der Waals surface area contributed by atoms with Gasteiger partial charge >= 0.3 is 5.69 Å². The smallest absolute Gasteiger partial charge is 0.271 e. The largest absolute Gasteiger partial charge is 0.349 e. The summed E-state index contributed by atoms with van der Waals surface area (Å²) < 4.78 is 14.3. The van der Waals surface area contributed by atoms with Crippen molar-refractivity contribution in [3.63, 3.8) is 0 Å². The van der Waals surface area contributed by atoms with Crippen molar-refractivity contribution in [2.75, 3.05) is 0 Å². The molecule has 0 fully saturated rings. The average molecular weight is 350 g/mol. The Labute approximate surface area is 148 Å². The Morgan fingerprint density at radius 2 is 1.77 bits per heavy atom. The number of aromatic nitrogens is 3. The maximum absolute atomic E-state index is 13.2. The van der Waals surface area contributed by atoms with Gasteiger partial charge < -0.3 is 0 Å². The molecule has 1 unspecified atom stereocenters. The normalized spacial score (nSPS) is 11.8. The lowest BCUT2D eigenvalue weighted by Gasteiger charge is -2.17. The molecule has 130 valence electrons. The van der Waals surface area contributed by atoms with E-state index in [1.54, 1.807) is 24.3 Å². The first-order valence-corrected chi connectivity index (χ1v) is 7.86. The molecule has 1 N–H and O–H groups in total. The molecule has 1 aromatic heterocycles. The topological polar surface area (TPSA) is 91.5 Å². The molecular formula is C19H15FN4O2. The number of hydrogen-bond acceptors (Lipinski definition) is 4. The fraction of sp³-hybridized carbons (Fsp3) is 0.158. The lowest BCUT2D eigenvalue weighted by atomic mass is 9.86. The molecule has 1 heterocycles. The van der Waals surface area contributed by atoms with E-state index in [1.165, 1.54) is 12.1 Å². The molecule has 6 nitrogen and oxygen atoms in total. The number of benzene rings is 2. The maximum Gasteiger partial charge on any atom is 0.349 e. The molecule has 0 saturated heterocycles. The Morgan fingerprint density at radius 1 is 1.15 bits per heavy atom. The van der Waals surface area contributed by atoms with Gasteiger partial charge in [0.25, 0.3) is 5.56 Å². The van der Waals surface area contributed by atoms with Gasteiger partial charge in [-0.3, -0.25) is 9.78 Å². The minimum Gasteiger partial charge on any atom is -0.271 e. The lowest BCUT2D eigenvalue weighted by Crippen LogP contribution is -2.30. The standard InChI is InChI=1S/C19H15FN4O2/c1-11-7-15(24-19(26)23-17(25)10-22-24)8-12(2)18(11)16(9-21)13-3-5-14(20)6-4-13/h3-8,10,16H,1-2H3,(H,23,25,26). The number of halogens is 1. The molecule has 0 aliphatic rings. The van der Waals surface area contributed by atoms with E-state index in [9.17, 15) is 19.2 Å². The molecule has 0 amide bonds. The molecule has 1 atom stereocenters. The highest BCUT2D eigenvalue weighted by Crippen LogP contribution is 2.31. The van der Waals surface area contributed by atoms with Crippen molar-refractivity contribution in [3.8, 4) is 11.8 Å². The summed E-state index contributed by atoms with van der Waals surface area (Å²) in [6.45, 7) is 3.66. The molecule has 0 bridgehead atoms. The van der Waals surface area contributed by atoms with Gasteiger partial charge in [-0.1, -0.05) is 12.1 Å². The van der Waals surface area contributed by atoms with Crippen LogP contribution in [0.1, 0.15) is 28.2 Å². The molecule has 26 heavy (non-hydrogen) atoms. The molecule has 0 radical (unpaired) electrons. The van der Waals surface area contributed by atoms with Crippen molar-refractivity contribution in [1.29, 1.82) is 5.26 Å². The van der Waals surface area contributed by atoms with Crippen molar-refractivity contribution in [2.24, 2.45) is 0 Å². The zero-order valence-electron chi connectivity index (χ0n) is 14.2. The minimum absolute atomic E-state index is 0.363. The van der Waals surface area contributed by atoms with Gasteiger partial charge in [-0.2, -0.15) is 15.0 Å². The fourth-order valence-electron chi connectivity index (χ4n) is 3.03. The number of H-pyrrole nitrogens is 1. The predicted molar refractivity (Wildman–Crippen MR) is 93.8 cm³/mol. The Bertz CT molecular complexity index is 1100. The van der Waals surface area contributed by atoms with Crippen LogP contribution in [0.15, 0.2) is 52.2 Å². The summed E-state index contributed by atoms with van der Waals surface area (Å²) in [5, 5.41) is 13.5. The summed E-state index contributed by atoms with van der Waals surface area (Å²) in [6, 6.07) is 11.5. The third kappa shape index (κ3) is 3.17. The van der Waals surface area contributed by atoms with Gasteiger partial charge in [0.1, 0.15) is 12.0 Å². The lowest BCUT2D eigenvalue weighted by molar-refractivity contribution is 0.627. The van der Waals surface area contributed by atoms with Gasteiger partial charge in [0.2, 0.25) is 0 Å². The van der Waals surface area contributed by atoms with Crippen molar-refractivity contribution in [3.05, 3.63) is 91.5 Å². The Morgan fingerprint density at radius 3 is 2.31 bits per heavy atom. The van der Waals surface area contributed by atoms with Crippen molar-refractivity contribution in [2.45, 2.75) is 19.8 Å². The monoisotopic (exact) mass is 350 g/mol. The molecule has 7 heteroatoms. The predicted octanol–water partition coefficient (Wildman–Crippen LogP) is 2.33. The van der Waals surface area contributed by atoms with Gasteiger partial charge in [0.05, 0.1) is 17.7 Å². The molecular weight excluding hydrogens is 335 g/mol. The van der Waals surface area contributed by atoms with E-state index >= 15 is 0 Å². The van der Waals surface area contributed by atoms with E-state index in [2.05, 4.69) is 16.2 Å². The second kappa shape index (κ2) is 6.76. The van der Waals surface area contributed by atoms with Crippen LogP contribution in [0.25, 0.3) is 5.69 Å². The van der Waals surface area contributed by atoms with E-state index in [4.69, 9.17) is 0 Å². The number of nitrogens with zero attached hydrogens (tertiary/aromatic N) is 3. The van der Waals surface area contributed by atoms with Crippen LogP contribution >= 0.6 is 0 Å². The van der Waals surface area contributed by atoms with Crippen molar-refractivity contribution < 1.29 is 4.39 Å². The van der Waals surface area contributed by atoms with Crippen LogP contribution in [0.3, 0.4) is 0 Å². The van der Waals surface area contributed by atoms with Crippen LogP contribution in [-0.4, -0.2) is 14.8 Å². The third-order valence-corrected chi connectivity index (χ3v) is 4.16. The fourth-order valence-corrected chi connectivity index (χ4v) is 3.03. The van der Waals surface area contributed by atoms with E-state index in [-0.39, 0.29) is 5.82 Å². The maximum atomic E-state index is 13.2. The highest BCUT2D eigenvalue weighted by molar-refractivity contribution is 5.51. The molecule has 3 rings (SSSR count). The van der Waals surface area contributed by atoms with Gasteiger partial charge in [0.15, 0.2) is 0 Å². The van der Waals surface area contributed by atoms with Crippen molar-refractivity contribution >= 4 is 0 Å². The second-order valence-corrected chi connectivity index (χ2v) is 5.96. The van der Waals surface area contributed by atoms with Gasteiger partial charge in [0, 0.05) is 0 Å². The molecule has 0 aliphatic carbocycles. The summed E-state index contributed by atoms with van der Waals surface area (Å²) in [5.74, 6) is -0.928. The average Bonchev–Trinajstić information content (AvgIpc) is 2.59. The SMILES string of the molecule is Cc1cc(-n2ncc(=O)[nH]c2=O)cc(C)c1C(C#N)c1ccc(F)cc1. The second-order valence-electron chi connectivity index (χ2n) is 5.96. The zero-order chi connectivity index (χ0) is 18.8. The number of aromatic amines is 1. The van der Waals surface area contributed by atoms with E-state index in [0.717, 1.165) is 27.6 Å². The van der Waals surface area contributed by atoms with Crippen LogP contribution in [0, 0.1) is 31.0 Å². The quantitative estimate of drug-likeness (QED) is 0.785. The summed E-state index contributed by atoms with van der Waals surface area (Å²) in [4.78, 5) is 25.3. The molecule has 0 aliphatic heterocycles. The highest BCUT2D eigenvalue weighted by Gasteiger charge is 2.19. The number of rotatable bonds is 3. The Balaban J connectivity index is 2.12.